The molecule has 0 bridgehead atoms. The maximum atomic E-state index is 11.3. The molecular formula is C14H29NO7Si. The lowest BCUT2D eigenvalue weighted by Crippen LogP contribution is -2.52. The van der Waals surface area contributed by atoms with E-state index in [0.29, 0.717) is 44.7 Å². The molecule has 0 aromatic rings. The number of hydrogen-bond donors (Lipinski definition) is 3. The zero-order valence-corrected chi connectivity index (χ0v) is 15.0. The van der Waals surface area contributed by atoms with E-state index in [2.05, 4.69) is 5.32 Å². The minimum atomic E-state index is -2.74. The topological polar surface area (TPSA) is 106 Å². The molecule has 0 aromatic carbocycles. The van der Waals surface area contributed by atoms with E-state index in [1.807, 2.05) is 13.8 Å². The van der Waals surface area contributed by atoms with Gasteiger partial charge in [0.25, 0.3) is 0 Å². The van der Waals surface area contributed by atoms with Crippen molar-refractivity contribution in [1.82, 2.24) is 5.32 Å². The van der Waals surface area contributed by atoms with Crippen LogP contribution in [0.4, 0.5) is 4.79 Å². The summed E-state index contributed by atoms with van der Waals surface area (Å²) in [7, 11) is -2.74. The minimum absolute atomic E-state index is 0.0171. The van der Waals surface area contributed by atoms with Crippen molar-refractivity contribution >= 4 is 14.9 Å². The molecule has 0 saturated carbocycles. The van der Waals surface area contributed by atoms with E-state index in [1.165, 1.54) is 0 Å². The molecule has 0 radical (unpaired) electrons. The van der Waals surface area contributed by atoms with Gasteiger partial charge < -0.3 is 33.5 Å². The van der Waals surface area contributed by atoms with Gasteiger partial charge in [-0.05, 0) is 6.42 Å². The van der Waals surface area contributed by atoms with Crippen molar-refractivity contribution in [3.05, 3.63) is 0 Å². The molecule has 0 spiro atoms. The number of alkyl carbamates (subject to hydrolysis) is 1. The summed E-state index contributed by atoms with van der Waals surface area (Å²) in [6.45, 7) is 5.80. The second-order valence-electron chi connectivity index (χ2n) is 5.90. The van der Waals surface area contributed by atoms with Gasteiger partial charge in [0.15, 0.2) is 0 Å². The van der Waals surface area contributed by atoms with E-state index in [0.717, 1.165) is 0 Å². The number of hydrogen-bond acceptors (Lipinski definition) is 7. The number of amides is 1. The van der Waals surface area contributed by atoms with E-state index in [4.69, 9.17) is 28.2 Å². The Bertz CT molecular complexity index is 337. The van der Waals surface area contributed by atoms with Crippen LogP contribution in [0, 0.1) is 11.8 Å². The van der Waals surface area contributed by atoms with Gasteiger partial charge in [0.2, 0.25) is 0 Å². The highest BCUT2D eigenvalue weighted by molar-refractivity contribution is 6.60. The van der Waals surface area contributed by atoms with Crippen molar-refractivity contribution in [1.29, 1.82) is 0 Å². The molecule has 1 rings (SSSR count). The Morgan fingerprint density at radius 3 is 2.70 bits per heavy atom. The van der Waals surface area contributed by atoms with Crippen molar-refractivity contribution in [2.45, 2.75) is 26.3 Å². The normalized spacial score (nSPS) is 25.8. The van der Waals surface area contributed by atoms with Crippen molar-refractivity contribution in [2.24, 2.45) is 11.8 Å². The Kier molecular flexibility index (Phi) is 9.68. The summed E-state index contributed by atoms with van der Waals surface area (Å²) in [5.41, 5.74) is 0. The van der Waals surface area contributed by atoms with Crippen LogP contribution in [0.5, 0.6) is 0 Å². The molecule has 1 saturated heterocycles. The summed E-state index contributed by atoms with van der Waals surface area (Å²) in [6.07, 6.45) is 0.0891. The van der Waals surface area contributed by atoms with Gasteiger partial charge in [-0.15, -0.1) is 0 Å². The highest BCUT2D eigenvalue weighted by Crippen LogP contribution is 2.24. The van der Waals surface area contributed by atoms with Crippen molar-refractivity contribution in [3.63, 3.8) is 0 Å². The van der Waals surface area contributed by atoms with Crippen molar-refractivity contribution in [3.8, 4) is 0 Å². The largest absolute Gasteiger partial charge is 0.501 e. The molecule has 1 amide bonds. The second-order valence-corrected chi connectivity index (χ2v) is 8.63. The molecule has 1 heterocycles. The van der Waals surface area contributed by atoms with Crippen LogP contribution in [0.1, 0.15) is 20.3 Å². The fourth-order valence-corrected chi connectivity index (χ4v) is 4.84. The summed E-state index contributed by atoms with van der Waals surface area (Å²) in [4.78, 5) is 11.3. The standard InChI is InChI=1S/C14H29NO7Si/c1-12(8-17)9-20-23(21-10-13(2)11-22-23)7-3-4-15-14(18)19-6-5-16/h12-13,16-17H,3-11H2,1-2H3,(H,15,18). The highest BCUT2D eigenvalue weighted by atomic mass is 28.4. The number of aliphatic hydroxyl groups excluding tert-OH is 2. The van der Waals surface area contributed by atoms with Gasteiger partial charge in [0.05, 0.1) is 6.61 Å². The third kappa shape index (κ3) is 8.09. The average Bonchev–Trinajstić information content (AvgIpc) is 2.57. The number of aliphatic hydroxyl groups is 2. The van der Waals surface area contributed by atoms with Crippen molar-refractivity contribution < 1.29 is 33.0 Å². The molecule has 1 aliphatic rings. The monoisotopic (exact) mass is 351 g/mol. The van der Waals surface area contributed by atoms with Crippen molar-refractivity contribution in [2.75, 3.05) is 46.2 Å². The Morgan fingerprint density at radius 1 is 1.39 bits per heavy atom. The lowest BCUT2D eigenvalue weighted by Gasteiger charge is -2.36. The summed E-state index contributed by atoms with van der Waals surface area (Å²) >= 11 is 0. The Hall–Kier alpha value is -0.713. The van der Waals surface area contributed by atoms with Gasteiger partial charge in [-0.25, -0.2) is 4.79 Å². The second kappa shape index (κ2) is 10.9. The van der Waals surface area contributed by atoms with Gasteiger partial charge in [-0.2, -0.15) is 0 Å². The van der Waals surface area contributed by atoms with Crippen LogP contribution in [0.15, 0.2) is 0 Å². The third-order valence-electron chi connectivity index (χ3n) is 3.33. The van der Waals surface area contributed by atoms with Crippen LogP contribution in [0.3, 0.4) is 0 Å². The quantitative estimate of drug-likeness (QED) is 0.385. The van der Waals surface area contributed by atoms with Gasteiger partial charge in [-0.3, -0.25) is 0 Å². The zero-order chi connectivity index (χ0) is 17.1. The third-order valence-corrected chi connectivity index (χ3v) is 6.11. The number of carbonyl (C=O) groups is 1. The van der Waals surface area contributed by atoms with Gasteiger partial charge in [0.1, 0.15) is 6.61 Å². The molecular weight excluding hydrogens is 322 g/mol. The fourth-order valence-electron chi connectivity index (χ4n) is 1.93. The average molecular weight is 351 g/mol. The Balaban J connectivity index is 2.36. The molecule has 1 unspecified atom stereocenters. The number of carbonyl (C=O) groups excluding carboxylic acids is 1. The maximum Gasteiger partial charge on any atom is 0.501 e. The van der Waals surface area contributed by atoms with E-state index < -0.39 is 14.9 Å². The summed E-state index contributed by atoms with van der Waals surface area (Å²) < 4.78 is 22.4. The molecule has 9 heteroatoms. The molecule has 1 atom stereocenters. The summed E-state index contributed by atoms with van der Waals surface area (Å²) in [6, 6.07) is 0.595. The predicted molar refractivity (Wildman–Crippen MR) is 84.9 cm³/mol. The zero-order valence-electron chi connectivity index (χ0n) is 14.0. The van der Waals surface area contributed by atoms with Crippen LogP contribution in [0.2, 0.25) is 6.04 Å². The van der Waals surface area contributed by atoms with Gasteiger partial charge >= 0.3 is 14.9 Å². The maximum absolute atomic E-state index is 11.3. The lowest BCUT2D eigenvalue weighted by atomic mass is 10.2. The molecule has 136 valence electrons. The van der Waals surface area contributed by atoms with E-state index in [9.17, 15) is 4.79 Å². The van der Waals surface area contributed by atoms with Gasteiger partial charge in [-0.1, -0.05) is 13.8 Å². The Morgan fingerprint density at radius 2 is 2.09 bits per heavy atom. The van der Waals surface area contributed by atoms with Crippen LogP contribution < -0.4 is 5.32 Å². The number of ether oxygens (including phenoxy) is 1. The smallest absolute Gasteiger partial charge is 0.447 e. The molecule has 23 heavy (non-hydrogen) atoms. The van der Waals surface area contributed by atoms with Crippen LogP contribution in [0.25, 0.3) is 0 Å². The molecule has 0 aliphatic carbocycles. The number of rotatable bonds is 10. The molecule has 3 N–H and O–H groups in total. The van der Waals surface area contributed by atoms with Crippen LogP contribution in [-0.4, -0.2) is 71.3 Å². The van der Waals surface area contributed by atoms with E-state index in [-0.39, 0.29) is 25.7 Å². The first-order valence-corrected chi connectivity index (χ1v) is 9.98. The minimum Gasteiger partial charge on any atom is -0.447 e. The first kappa shape index (κ1) is 20.3. The molecule has 0 aromatic heterocycles. The molecule has 8 nitrogen and oxygen atoms in total. The SMILES string of the molecule is CC(CO)CO[Si]1(CCCNC(=O)OCCO)OCC(C)CO1. The Labute approximate surface area is 138 Å². The summed E-state index contributed by atoms with van der Waals surface area (Å²) in [5, 5.41) is 20.3. The first-order valence-electron chi connectivity index (χ1n) is 8.05. The first-order chi connectivity index (χ1) is 11.0. The van der Waals surface area contributed by atoms with E-state index in [1.54, 1.807) is 0 Å². The fraction of sp³-hybridized carbons (Fsp3) is 0.929. The molecule has 1 aliphatic heterocycles. The molecule has 1 fully saturated rings. The predicted octanol–water partition coefficient (Wildman–Crippen LogP) is 0.362. The number of nitrogens with one attached hydrogen (secondary N) is 1. The van der Waals surface area contributed by atoms with Crippen LogP contribution in [-0.2, 0) is 18.0 Å². The van der Waals surface area contributed by atoms with E-state index >= 15 is 0 Å². The summed E-state index contributed by atoms with van der Waals surface area (Å²) in [5.74, 6) is 0.360. The van der Waals surface area contributed by atoms with Gasteiger partial charge in [0, 0.05) is 50.9 Å². The van der Waals surface area contributed by atoms with Crippen LogP contribution >= 0.6 is 0 Å². The highest BCUT2D eigenvalue weighted by Gasteiger charge is 2.44. The lowest BCUT2D eigenvalue weighted by molar-refractivity contribution is -0.0133.